The zero-order valence-electron chi connectivity index (χ0n) is 10.9. The van der Waals surface area contributed by atoms with Gasteiger partial charge < -0.3 is 14.2 Å². The molecule has 6 nitrogen and oxygen atoms in total. The summed E-state index contributed by atoms with van der Waals surface area (Å²) in [5.74, 6) is 0.676. The molecule has 1 N–H and O–H groups in total. The summed E-state index contributed by atoms with van der Waals surface area (Å²) in [7, 11) is 0. The molecule has 1 aromatic carbocycles. The molecular formula is C14H13N3O3. The highest BCUT2D eigenvalue weighted by molar-refractivity contribution is 5.92. The van der Waals surface area contributed by atoms with Crippen LogP contribution in [-0.2, 0) is 13.0 Å². The van der Waals surface area contributed by atoms with Gasteiger partial charge in [0.05, 0.1) is 29.3 Å². The van der Waals surface area contributed by atoms with E-state index < -0.39 is 5.97 Å². The van der Waals surface area contributed by atoms with Gasteiger partial charge in [-0.2, -0.15) is 0 Å². The summed E-state index contributed by atoms with van der Waals surface area (Å²) in [5, 5.41) is 12.7. The average Bonchev–Trinajstić information content (AvgIpc) is 3.06. The third-order valence-corrected chi connectivity index (χ3v) is 3.20. The molecular weight excluding hydrogens is 258 g/mol. The zero-order chi connectivity index (χ0) is 14.1. The van der Waals surface area contributed by atoms with Crippen LogP contribution in [0.1, 0.15) is 28.9 Å². The van der Waals surface area contributed by atoms with Gasteiger partial charge in [0.25, 0.3) is 0 Å². The molecule has 0 saturated heterocycles. The summed E-state index contributed by atoms with van der Waals surface area (Å²) in [6.07, 6.45) is 2.35. The molecule has 0 amide bonds. The molecule has 0 spiro atoms. The van der Waals surface area contributed by atoms with E-state index in [0.717, 1.165) is 23.5 Å². The van der Waals surface area contributed by atoms with Crippen LogP contribution in [-0.4, -0.2) is 25.8 Å². The van der Waals surface area contributed by atoms with Crippen molar-refractivity contribution in [3.8, 4) is 0 Å². The number of aryl methyl sites for hydroxylation is 1. The number of benzene rings is 1. The van der Waals surface area contributed by atoms with E-state index >= 15 is 0 Å². The van der Waals surface area contributed by atoms with Gasteiger partial charge in [0.15, 0.2) is 5.76 Å². The number of carboxylic acids is 1. The van der Waals surface area contributed by atoms with Crippen LogP contribution in [0.2, 0.25) is 0 Å². The maximum atomic E-state index is 11.0. The third-order valence-electron chi connectivity index (χ3n) is 3.20. The van der Waals surface area contributed by atoms with Crippen molar-refractivity contribution in [1.82, 2.24) is 14.7 Å². The van der Waals surface area contributed by atoms with Crippen LogP contribution in [0.15, 0.2) is 35.0 Å². The lowest BCUT2D eigenvalue weighted by atomic mass is 10.2. The van der Waals surface area contributed by atoms with Gasteiger partial charge in [-0.15, -0.1) is 0 Å². The van der Waals surface area contributed by atoms with Crippen molar-refractivity contribution in [2.24, 2.45) is 0 Å². The number of imidazole rings is 1. The predicted molar refractivity (Wildman–Crippen MR) is 71.7 cm³/mol. The van der Waals surface area contributed by atoms with Crippen LogP contribution in [0.5, 0.6) is 0 Å². The molecule has 0 saturated carbocycles. The highest BCUT2D eigenvalue weighted by Crippen LogP contribution is 2.20. The Morgan fingerprint density at radius 3 is 2.90 bits per heavy atom. The zero-order valence-corrected chi connectivity index (χ0v) is 10.9. The molecule has 2 heterocycles. The first-order valence-electron chi connectivity index (χ1n) is 6.31. The first-order chi connectivity index (χ1) is 9.69. The molecule has 3 aromatic rings. The van der Waals surface area contributed by atoms with E-state index in [0.29, 0.717) is 12.1 Å². The summed E-state index contributed by atoms with van der Waals surface area (Å²) in [6.45, 7) is 2.54. The fraction of sp³-hybridized carbons (Fsp3) is 0.214. The Bertz CT molecular complexity index is 759. The van der Waals surface area contributed by atoms with E-state index in [2.05, 4.69) is 10.1 Å². The van der Waals surface area contributed by atoms with Crippen molar-refractivity contribution in [3.05, 3.63) is 47.6 Å². The van der Waals surface area contributed by atoms with Crippen LogP contribution in [0.3, 0.4) is 0 Å². The smallest absolute Gasteiger partial charge is 0.335 e. The summed E-state index contributed by atoms with van der Waals surface area (Å²) < 4.78 is 7.14. The van der Waals surface area contributed by atoms with Crippen molar-refractivity contribution in [2.45, 2.75) is 19.9 Å². The summed E-state index contributed by atoms with van der Waals surface area (Å²) in [4.78, 5) is 15.5. The molecule has 0 atom stereocenters. The molecule has 0 radical (unpaired) electrons. The van der Waals surface area contributed by atoms with Gasteiger partial charge in [0.2, 0.25) is 0 Å². The van der Waals surface area contributed by atoms with Crippen molar-refractivity contribution in [1.29, 1.82) is 0 Å². The second-order valence-electron chi connectivity index (χ2n) is 4.46. The van der Waals surface area contributed by atoms with E-state index in [-0.39, 0.29) is 5.56 Å². The Morgan fingerprint density at radius 1 is 1.40 bits per heavy atom. The summed E-state index contributed by atoms with van der Waals surface area (Å²) in [6, 6.07) is 6.76. The number of aromatic nitrogens is 3. The quantitative estimate of drug-likeness (QED) is 0.787. The number of carbonyl (C=O) groups is 1. The lowest BCUT2D eigenvalue weighted by Gasteiger charge is -2.05. The van der Waals surface area contributed by atoms with E-state index in [4.69, 9.17) is 9.63 Å². The highest BCUT2D eigenvalue weighted by atomic mass is 16.5. The number of aromatic carboxylic acids is 1. The number of rotatable bonds is 4. The Labute approximate surface area is 114 Å². The fourth-order valence-electron chi connectivity index (χ4n) is 2.24. The summed E-state index contributed by atoms with van der Waals surface area (Å²) >= 11 is 0. The lowest BCUT2D eigenvalue weighted by molar-refractivity contribution is 0.0697. The topological polar surface area (TPSA) is 81.1 Å². The van der Waals surface area contributed by atoms with Crippen LogP contribution in [0.4, 0.5) is 0 Å². The van der Waals surface area contributed by atoms with Crippen molar-refractivity contribution in [2.75, 3.05) is 0 Å². The van der Waals surface area contributed by atoms with Gasteiger partial charge in [-0.05, 0) is 18.2 Å². The Kier molecular flexibility index (Phi) is 2.98. The van der Waals surface area contributed by atoms with E-state index in [1.54, 1.807) is 30.5 Å². The van der Waals surface area contributed by atoms with Gasteiger partial charge in [0, 0.05) is 12.5 Å². The minimum Gasteiger partial charge on any atom is -0.478 e. The second kappa shape index (κ2) is 4.80. The lowest BCUT2D eigenvalue weighted by Crippen LogP contribution is -2.03. The van der Waals surface area contributed by atoms with Crippen LogP contribution in [0, 0.1) is 0 Å². The SMILES string of the molecule is CCc1nc2cc(C(=O)O)ccc2n1Cc1ccno1. The van der Waals surface area contributed by atoms with Gasteiger partial charge in [0.1, 0.15) is 5.82 Å². The van der Waals surface area contributed by atoms with Crippen molar-refractivity contribution in [3.63, 3.8) is 0 Å². The van der Waals surface area contributed by atoms with Gasteiger partial charge in [-0.3, -0.25) is 0 Å². The number of carboxylic acid groups (broad SMARTS) is 1. The molecule has 2 aromatic heterocycles. The first kappa shape index (κ1) is 12.4. The molecule has 0 unspecified atom stereocenters. The highest BCUT2D eigenvalue weighted by Gasteiger charge is 2.13. The van der Waals surface area contributed by atoms with Crippen LogP contribution >= 0.6 is 0 Å². The molecule has 20 heavy (non-hydrogen) atoms. The minimum absolute atomic E-state index is 0.240. The maximum absolute atomic E-state index is 11.0. The fourth-order valence-corrected chi connectivity index (χ4v) is 2.24. The number of fused-ring (bicyclic) bond motifs is 1. The molecule has 0 aliphatic rings. The second-order valence-corrected chi connectivity index (χ2v) is 4.46. The molecule has 0 fully saturated rings. The standard InChI is InChI=1S/C14H13N3O3/c1-2-13-16-11-7-9(14(18)19)3-4-12(11)17(13)8-10-5-6-15-20-10/h3-7H,2,8H2,1H3,(H,18,19). The third kappa shape index (κ3) is 2.05. The van der Waals surface area contributed by atoms with Crippen molar-refractivity contribution < 1.29 is 14.4 Å². The Hall–Kier alpha value is -2.63. The van der Waals surface area contributed by atoms with E-state index in [1.807, 2.05) is 11.5 Å². The van der Waals surface area contributed by atoms with Crippen LogP contribution < -0.4 is 0 Å². The first-order valence-corrected chi connectivity index (χ1v) is 6.31. The van der Waals surface area contributed by atoms with Gasteiger partial charge in [-0.25, -0.2) is 9.78 Å². The number of hydrogen-bond donors (Lipinski definition) is 1. The molecule has 6 heteroatoms. The molecule has 0 bridgehead atoms. The van der Waals surface area contributed by atoms with Crippen LogP contribution in [0.25, 0.3) is 11.0 Å². The van der Waals surface area contributed by atoms with Crippen molar-refractivity contribution >= 4 is 17.0 Å². The molecule has 0 aliphatic heterocycles. The Morgan fingerprint density at radius 2 is 2.25 bits per heavy atom. The van der Waals surface area contributed by atoms with Gasteiger partial charge >= 0.3 is 5.97 Å². The molecule has 0 aliphatic carbocycles. The monoisotopic (exact) mass is 271 g/mol. The average molecular weight is 271 g/mol. The number of nitrogens with zero attached hydrogens (tertiary/aromatic N) is 3. The Balaban J connectivity index is 2.12. The normalized spacial score (nSPS) is 11.1. The molecule has 102 valence electrons. The predicted octanol–water partition coefficient (Wildman–Crippen LogP) is 2.33. The van der Waals surface area contributed by atoms with Gasteiger partial charge in [-0.1, -0.05) is 12.1 Å². The summed E-state index contributed by atoms with van der Waals surface area (Å²) in [5.41, 5.74) is 1.81. The largest absolute Gasteiger partial charge is 0.478 e. The van der Waals surface area contributed by atoms with E-state index in [1.165, 1.54) is 0 Å². The molecule has 3 rings (SSSR count). The maximum Gasteiger partial charge on any atom is 0.335 e. The minimum atomic E-state index is -0.949. The number of hydrogen-bond acceptors (Lipinski definition) is 4. The van der Waals surface area contributed by atoms with E-state index in [9.17, 15) is 4.79 Å².